The van der Waals surface area contributed by atoms with Crippen LogP contribution in [0.3, 0.4) is 0 Å². The zero-order valence-electron chi connectivity index (χ0n) is 9.63. The van der Waals surface area contributed by atoms with E-state index in [1.54, 1.807) is 0 Å². The van der Waals surface area contributed by atoms with Crippen LogP contribution in [0.5, 0.6) is 0 Å². The summed E-state index contributed by atoms with van der Waals surface area (Å²) in [7, 11) is 1.49. The molecule has 1 fully saturated rings. The predicted octanol–water partition coefficient (Wildman–Crippen LogP) is 0.904. The van der Waals surface area contributed by atoms with Crippen molar-refractivity contribution in [2.24, 2.45) is 5.73 Å². The van der Waals surface area contributed by atoms with Gasteiger partial charge in [-0.25, -0.2) is 0 Å². The second-order valence-electron chi connectivity index (χ2n) is 4.32. The highest BCUT2D eigenvalue weighted by atomic mass is 19.4. The first-order valence-electron chi connectivity index (χ1n) is 5.64. The maximum atomic E-state index is 12.5. The monoisotopic (exact) mass is 239 g/mol. The molecule has 1 aliphatic heterocycles. The van der Waals surface area contributed by atoms with E-state index in [4.69, 9.17) is 5.73 Å². The summed E-state index contributed by atoms with van der Waals surface area (Å²) < 4.78 is 37.6. The minimum Gasteiger partial charge on any atom is -0.329 e. The first kappa shape index (κ1) is 13.7. The highest BCUT2D eigenvalue weighted by Crippen LogP contribution is 2.23. The van der Waals surface area contributed by atoms with Gasteiger partial charge in [-0.15, -0.1) is 0 Å². The molecular formula is C10H20F3N3. The molecule has 0 bridgehead atoms. The van der Waals surface area contributed by atoms with Crippen molar-refractivity contribution in [2.45, 2.75) is 25.1 Å². The van der Waals surface area contributed by atoms with Crippen LogP contribution >= 0.6 is 0 Å². The number of nitrogens with zero attached hydrogens (tertiary/aromatic N) is 2. The van der Waals surface area contributed by atoms with Gasteiger partial charge in [-0.2, -0.15) is 13.2 Å². The van der Waals surface area contributed by atoms with Crippen LogP contribution < -0.4 is 5.73 Å². The normalized spacial score (nSPS) is 20.6. The lowest BCUT2D eigenvalue weighted by Gasteiger charge is -2.30. The van der Waals surface area contributed by atoms with E-state index in [2.05, 4.69) is 4.90 Å². The molecule has 1 unspecified atom stereocenters. The van der Waals surface area contributed by atoms with E-state index in [0.29, 0.717) is 13.1 Å². The molecule has 0 aromatic rings. The summed E-state index contributed by atoms with van der Waals surface area (Å²) in [5.41, 5.74) is 5.17. The van der Waals surface area contributed by atoms with Gasteiger partial charge >= 0.3 is 6.18 Å². The fraction of sp³-hybridized carbons (Fsp3) is 1.00. The van der Waals surface area contributed by atoms with Crippen LogP contribution in [-0.2, 0) is 0 Å². The quantitative estimate of drug-likeness (QED) is 0.774. The lowest BCUT2D eigenvalue weighted by Crippen LogP contribution is -2.50. The van der Waals surface area contributed by atoms with Crippen LogP contribution in [0.25, 0.3) is 0 Å². The second kappa shape index (κ2) is 5.84. The Hall–Kier alpha value is -0.330. The molecule has 0 spiro atoms. The van der Waals surface area contributed by atoms with Gasteiger partial charge in [0.05, 0.1) is 0 Å². The highest BCUT2D eigenvalue weighted by Gasteiger charge is 2.41. The van der Waals surface area contributed by atoms with E-state index in [9.17, 15) is 13.2 Å². The molecule has 6 heteroatoms. The van der Waals surface area contributed by atoms with Crippen LogP contribution in [0.2, 0.25) is 0 Å². The Labute approximate surface area is 94.4 Å². The first-order chi connectivity index (χ1) is 7.45. The Morgan fingerprint density at radius 1 is 1.31 bits per heavy atom. The maximum Gasteiger partial charge on any atom is 0.405 e. The average molecular weight is 239 g/mol. The van der Waals surface area contributed by atoms with E-state index < -0.39 is 12.2 Å². The summed E-state index contributed by atoms with van der Waals surface area (Å²) in [6.45, 7) is 2.75. The third kappa shape index (κ3) is 3.92. The van der Waals surface area contributed by atoms with Gasteiger partial charge < -0.3 is 10.6 Å². The van der Waals surface area contributed by atoms with E-state index in [0.717, 1.165) is 25.9 Å². The smallest absolute Gasteiger partial charge is 0.329 e. The molecule has 1 rings (SSSR count). The van der Waals surface area contributed by atoms with Gasteiger partial charge in [0.2, 0.25) is 0 Å². The third-order valence-electron chi connectivity index (χ3n) is 3.10. The fourth-order valence-corrected chi connectivity index (χ4v) is 2.02. The van der Waals surface area contributed by atoms with E-state index in [1.165, 1.54) is 11.9 Å². The fourth-order valence-electron chi connectivity index (χ4n) is 2.02. The third-order valence-corrected chi connectivity index (χ3v) is 3.10. The SMILES string of the molecule is CN(CCN1CCCC1)C(CN)C(F)(F)F. The molecule has 1 atom stereocenters. The van der Waals surface area contributed by atoms with Crippen LogP contribution in [-0.4, -0.2) is 61.8 Å². The van der Waals surface area contributed by atoms with Gasteiger partial charge in [0.15, 0.2) is 0 Å². The minimum absolute atomic E-state index is 0.375. The maximum absolute atomic E-state index is 12.5. The molecule has 0 amide bonds. The van der Waals surface area contributed by atoms with Gasteiger partial charge in [0, 0.05) is 19.6 Å². The van der Waals surface area contributed by atoms with Crippen molar-refractivity contribution in [3.63, 3.8) is 0 Å². The number of halogens is 3. The molecule has 0 aromatic carbocycles. The Bertz CT molecular complexity index is 202. The van der Waals surface area contributed by atoms with Crippen LogP contribution in [0.1, 0.15) is 12.8 Å². The summed E-state index contributed by atoms with van der Waals surface area (Å²) in [6, 6.07) is -1.52. The van der Waals surface area contributed by atoms with E-state index in [-0.39, 0.29) is 6.54 Å². The van der Waals surface area contributed by atoms with Gasteiger partial charge in [-0.1, -0.05) is 0 Å². The largest absolute Gasteiger partial charge is 0.405 e. The van der Waals surface area contributed by atoms with Gasteiger partial charge in [0.1, 0.15) is 6.04 Å². The molecule has 1 saturated heterocycles. The number of nitrogens with two attached hydrogens (primary N) is 1. The van der Waals surface area contributed by atoms with Crippen molar-refractivity contribution < 1.29 is 13.2 Å². The van der Waals surface area contributed by atoms with Crippen molar-refractivity contribution in [3.8, 4) is 0 Å². The van der Waals surface area contributed by atoms with Gasteiger partial charge in [0.25, 0.3) is 0 Å². The summed E-state index contributed by atoms with van der Waals surface area (Å²) >= 11 is 0. The number of rotatable bonds is 5. The highest BCUT2D eigenvalue weighted by molar-refractivity contribution is 4.78. The standard InChI is InChI=1S/C10H20F3N3/c1-15(9(8-14)10(11,12)13)6-7-16-4-2-3-5-16/h9H,2-8,14H2,1H3. The minimum atomic E-state index is -4.23. The Morgan fingerprint density at radius 3 is 2.31 bits per heavy atom. The predicted molar refractivity (Wildman–Crippen MR) is 57.2 cm³/mol. The van der Waals surface area contributed by atoms with Crippen molar-refractivity contribution in [1.29, 1.82) is 0 Å². The number of alkyl halides is 3. The summed E-state index contributed by atoms with van der Waals surface area (Å²) in [6.07, 6.45) is -1.92. The van der Waals surface area contributed by atoms with Crippen molar-refractivity contribution in [1.82, 2.24) is 9.80 Å². The molecule has 0 aliphatic carbocycles. The summed E-state index contributed by atoms with van der Waals surface area (Å²) in [5.74, 6) is 0. The second-order valence-corrected chi connectivity index (χ2v) is 4.32. The molecule has 1 aliphatic rings. The molecular weight excluding hydrogens is 219 g/mol. The Morgan fingerprint density at radius 2 is 1.88 bits per heavy atom. The zero-order valence-corrected chi connectivity index (χ0v) is 9.63. The van der Waals surface area contributed by atoms with Crippen LogP contribution in [0.4, 0.5) is 13.2 Å². The molecule has 96 valence electrons. The number of likely N-dealkylation sites (tertiary alicyclic amines) is 1. The number of hydrogen-bond acceptors (Lipinski definition) is 3. The van der Waals surface area contributed by atoms with Gasteiger partial charge in [-0.3, -0.25) is 4.90 Å². The van der Waals surface area contributed by atoms with Crippen LogP contribution in [0, 0.1) is 0 Å². The van der Waals surface area contributed by atoms with E-state index in [1.807, 2.05) is 0 Å². The van der Waals surface area contributed by atoms with Gasteiger partial charge in [-0.05, 0) is 33.0 Å². The number of hydrogen-bond donors (Lipinski definition) is 1. The van der Waals surface area contributed by atoms with Crippen molar-refractivity contribution in [3.05, 3.63) is 0 Å². The lowest BCUT2D eigenvalue weighted by atomic mass is 10.2. The summed E-state index contributed by atoms with van der Waals surface area (Å²) in [5, 5.41) is 0. The lowest BCUT2D eigenvalue weighted by molar-refractivity contribution is -0.177. The first-order valence-corrected chi connectivity index (χ1v) is 5.64. The molecule has 3 nitrogen and oxygen atoms in total. The molecule has 16 heavy (non-hydrogen) atoms. The van der Waals surface area contributed by atoms with Crippen LogP contribution in [0.15, 0.2) is 0 Å². The molecule has 1 heterocycles. The topological polar surface area (TPSA) is 32.5 Å². The summed E-state index contributed by atoms with van der Waals surface area (Å²) in [4.78, 5) is 3.50. The average Bonchev–Trinajstić information content (AvgIpc) is 2.65. The van der Waals surface area contributed by atoms with E-state index >= 15 is 0 Å². The Kier molecular flexibility index (Phi) is 5.01. The Balaban J connectivity index is 2.34. The van der Waals surface area contributed by atoms with Crippen molar-refractivity contribution >= 4 is 0 Å². The zero-order chi connectivity index (χ0) is 12.2. The molecule has 2 N–H and O–H groups in total. The molecule has 0 radical (unpaired) electrons. The molecule has 0 saturated carbocycles. The van der Waals surface area contributed by atoms with Crippen molar-refractivity contribution in [2.75, 3.05) is 39.8 Å². The molecule has 0 aromatic heterocycles. The number of likely N-dealkylation sites (N-methyl/N-ethyl adjacent to an activating group) is 1.